The van der Waals surface area contributed by atoms with Crippen LogP contribution >= 0.6 is 0 Å². The smallest absolute Gasteiger partial charge is 0.313 e. The molecule has 0 radical (unpaired) electrons. The molecule has 0 aliphatic heterocycles. The first-order valence-electron chi connectivity index (χ1n) is 5.82. The van der Waals surface area contributed by atoms with Crippen LogP contribution in [0.4, 0.5) is 5.69 Å². The molecule has 0 spiro atoms. The zero-order chi connectivity index (χ0) is 13.8. The summed E-state index contributed by atoms with van der Waals surface area (Å²) in [5, 5.41) is 5.18. The molecule has 1 heterocycles. The first kappa shape index (κ1) is 14.2. The maximum Gasteiger partial charge on any atom is 0.313 e. The highest BCUT2D eigenvalue weighted by molar-refractivity contribution is 6.39. The van der Waals surface area contributed by atoms with Crippen LogP contribution in [0.25, 0.3) is 0 Å². The number of hydrogen-bond donors (Lipinski definition) is 2. The van der Waals surface area contributed by atoms with Gasteiger partial charge in [-0.2, -0.15) is 0 Å². The minimum atomic E-state index is -0.669. The fraction of sp³-hybridized carbons (Fsp3) is 0.462. The second-order valence-electron chi connectivity index (χ2n) is 5.25. The maximum absolute atomic E-state index is 11.7. The van der Waals surface area contributed by atoms with Crippen molar-refractivity contribution in [1.29, 1.82) is 0 Å². The van der Waals surface area contributed by atoms with Gasteiger partial charge in [0.2, 0.25) is 0 Å². The summed E-state index contributed by atoms with van der Waals surface area (Å²) in [6, 6.07) is 3.16. The third-order valence-corrected chi connectivity index (χ3v) is 2.79. The van der Waals surface area contributed by atoms with Gasteiger partial charge >= 0.3 is 11.8 Å². The number of carbonyl (C=O) groups excluding carboxylic acids is 2. The highest BCUT2D eigenvalue weighted by Gasteiger charge is 2.24. The van der Waals surface area contributed by atoms with Crippen molar-refractivity contribution >= 4 is 17.5 Å². The lowest BCUT2D eigenvalue weighted by Crippen LogP contribution is -2.46. The lowest BCUT2D eigenvalue weighted by molar-refractivity contribution is -0.137. The third kappa shape index (κ3) is 4.16. The van der Waals surface area contributed by atoms with Gasteiger partial charge in [0, 0.05) is 24.1 Å². The summed E-state index contributed by atoms with van der Waals surface area (Å²) in [4.78, 5) is 27.1. The summed E-state index contributed by atoms with van der Waals surface area (Å²) >= 11 is 0. The summed E-state index contributed by atoms with van der Waals surface area (Å²) in [5.74, 6) is -1.30. The quantitative estimate of drug-likeness (QED) is 0.781. The molecule has 5 heteroatoms. The largest absolute Gasteiger partial charge is 0.345 e. The molecule has 1 rings (SSSR count). The number of rotatable bonds is 2. The zero-order valence-corrected chi connectivity index (χ0v) is 11.2. The molecule has 2 N–H and O–H groups in total. The van der Waals surface area contributed by atoms with Crippen molar-refractivity contribution in [3.8, 4) is 0 Å². The molecule has 0 fully saturated rings. The Morgan fingerprint density at radius 1 is 1.17 bits per heavy atom. The third-order valence-electron chi connectivity index (χ3n) is 2.79. The van der Waals surface area contributed by atoms with Crippen LogP contribution in [0.15, 0.2) is 24.5 Å². The topological polar surface area (TPSA) is 71.1 Å². The van der Waals surface area contributed by atoms with Crippen molar-refractivity contribution < 1.29 is 9.59 Å². The molecule has 1 aromatic rings. The predicted molar refractivity (Wildman–Crippen MR) is 69.9 cm³/mol. The van der Waals surface area contributed by atoms with E-state index in [4.69, 9.17) is 0 Å². The number of aromatic nitrogens is 1. The molecule has 0 aromatic carbocycles. The minimum absolute atomic E-state index is 0.0896. The van der Waals surface area contributed by atoms with Gasteiger partial charge in [-0.15, -0.1) is 0 Å². The number of anilines is 1. The normalized spacial score (nSPS) is 12.7. The van der Waals surface area contributed by atoms with Crippen molar-refractivity contribution in [2.45, 2.75) is 33.7 Å². The number of amides is 2. The van der Waals surface area contributed by atoms with E-state index in [1.807, 2.05) is 27.7 Å². The molecule has 98 valence electrons. The minimum Gasteiger partial charge on any atom is -0.345 e. The van der Waals surface area contributed by atoms with Crippen LogP contribution in [0.2, 0.25) is 0 Å². The van der Waals surface area contributed by atoms with E-state index in [0.717, 1.165) is 0 Å². The molecule has 2 amide bonds. The lowest BCUT2D eigenvalue weighted by atomic mass is 9.88. The SMILES string of the molecule is CC(NC(=O)C(=O)Nc1ccncc1)C(C)(C)C. The van der Waals surface area contributed by atoms with Gasteiger partial charge in [0.25, 0.3) is 0 Å². The molecule has 0 saturated heterocycles. The van der Waals surface area contributed by atoms with Crippen LogP contribution in [-0.2, 0) is 9.59 Å². The monoisotopic (exact) mass is 249 g/mol. The Labute approximate surface area is 107 Å². The van der Waals surface area contributed by atoms with E-state index in [-0.39, 0.29) is 11.5 Å². The predicted octanol–water partition coefficient (Wildman–Crippen LogP) is 1.57. The molecule has 0 saturated carbocycles. The van der Waals surface area contributed by atoms with E-state index < -0.39 is 11.8 Å². The van der Waals surface area contributed by atoms with Crippen molar-refractivity contribution in [2.24, 2.45) is 5.41 Å². The highest BCUT2D eigenvalue weighted by Crippen LogP contribution is 2.18. The first-order valence-corrected chi connectivity index (χ1v) is 5.82. The Balaban J connectivity index is 2.55. The van der Waals surface area contributed by atoms with Crippen molar-refractivity contribution in [1.82, 2.24) is 10.3 Å². The van der Waals surface area contributed by atoms with Crippen molar-refractivity contribution in [3.05, 3.63) is 24.5 Å². The Morgan fingerprint density at radius 3 is 2.22 bits per heavy atom. The van der Waals surface area contributed by atoms with Gasteiger partial charge in [0.15, 0.2) is 0 Å². The van der Waals surface area contributed by atoms with Gasteiger partial charge in [0.05, 0.1) is 0 Å². The Bertz CT molecular complexity index is 424. The number of carbonyl (C=O) groups is 2. The maximum atomic E-state index is 11.7. The van der Waals surface area contributed by atoms with Crippen LogP contribution in [-0.4, -0.2) is 22.8 Å². The number of pyridine rings is 1. The molecule has 0 bridgehead atoms. The fourth-order valence-corrected chi connectivity index (χ4v) is 1.10. The van der Waals surface area contributed by atoms with E-state index in [0.29, 0.717) is 5.69 Å². The molecule has 0 aliphatic rings. The zero-order valence-electron chi connectivity index (χ0n) is 11.2. The lowest BCUT2D eigenvalue weighted by Gasteiger charge is -2.27. The van der Waals surface area contributed by atoms with Crippen molar-refractivity contribution in [3.63, 3.8) is 0 Å². The summed E-state index contributed by atoms with van der Waals surface area (Å²) in [6.45, 7) is 7.87. The average Bonchev–Trinajstić information content (AvgIpc) is 2.28. The molecule has 18 heavy (non-hydrogen) atoms. The summed E-state index contributed by atoms with van der Waals surface area (Å²) in [5.41, 5.74) is 0.459. The molecule has 5 nitrogen and oxygen atoms in total. The number of nitrogens with one attached hydrogen (secondary N) is 2. The van der Waals surface area contributed by atoms with Gasteiger partial charge < -0.3 is 10.6 Å². The van der Waals surface area contributed by atoms with Gasteiger partial charge in [-0.05, 0) is 24.5 Å². The second-order valence-corrected chi connectivity index (χ2v) is 5.25. The Morgan fingerprint density at radius 2 is 1.72 bits per heavy atom. The molecule has 1 aromatic heterocycles. The van der Waals surface area contributed by atoms with Gasteiger partial charge in [-0.3, -0.25) is 14.6 Å². The van der Waals surface area contributed by atoms with E-state index in [2.05, 4.69) is 15.6 Å². The fourth-order valence-electron chi connectivity index (χ4n) is 1.10. The average molecular weight is 249 g/mol. The van der Waals surface area contributed by atoms with Crippen LogP contribution < -0.4 is 10.6 Å². The Hall–Kier alpha value is -1.91. The van der Waals surface area contributed by atoms with Gasteiger partial charge in [-0.1, -0.05) is 20.8 Å². The molecular formula is C13H19N3O2. The van der Waals surface area contributed by atoms with E-state index in [1.165, 1.54) is 0 Å². The standard InChI is InChI=1S/C13H19N3O2/c1-9(13(2,3)4)15-11(17)12(18)16-10-5-7-14-8-6-10/h5-9H,1-4H3,(H,15,17)(H,14,16,18). The second kappa shape index (κ2) is 5.62. The molecule has 1 unspecified atom stereocenters. The van der Waals surface area contributed by atoms with E-state index in [1.54, 1.807) is 24.5 Å². The molecule has 1 atom stereocenters. The van der Waals surface area contributed by atoms with Crippen LogP contribution in [0.5, 0.6) is 0 Å². The van der Waals surface area contributed by atoms with Gasteiger partial charge in [0.1, 0.15) is 0 Å². The molecule has 0 aliphatic carbocycles. The first-order chi connectivity index (χ1) is 8.30. The molecular weight excluding hydrogens is 230 g/mol. The highest BCUT2D eigenvalue weighted by atomic mass is 16.2. The Kier molecular flexibility index (Phi) is 4.42. The number of hydrogen-bond acceptors (Lipinski definition) is 3. The summed E-state index contributed by atoms with van der Waals surface area (Å²) in [6.07, 6.45) is 3.09. The number of nitrogens with zero attached hydrogens (tertiary/aromatic N) is 1. The van der Waals surface area contributed by atoms with E-state index in [9.17, 15) is 9.59 Å². The van der Waals surface area contributed by atoms with Crippen LogP contribution in [0.1, 0.15) is 27.7 Å². The van der Waals surface area contributed by atoms with Gasteiger partial charge in [-0.25, -0.2) is 0 Å². The van der Waals surface area contributed by atoms with Crippen LogP contribution in [0.3, 0.4) is 0 Å². The van der Waals surface area contributed by atoms with Crippen LogP contribution in [0, 0.1) is 5.41 Å². The summed E-state index contributed by atoms with van der Waals surface area (Å²) < 4.78 is 0. The van der Waals surface area contributed by atoms with E-state index >= 15 is 0 Å². The van der Waals surface area contributed by atoms with Crippen molar-refractivity contribution in [2.75, 3.05) is 5.32 Å². The summed E-state index contributed by atoms with van der Waals surface area (Å²) in [7, 11) is 0.